The molecule has 0 saturated carbocycles. The minimum atomic E-state index is 0.275. The minimum absolute atomic E-state index is 0.275. The molecule has 1 heterocycles. The Morgan fingerprint density at radius 2 is 1.93 bits per heavy atom. The first-order chi connectivity index (χ1) is 6.76. The molecule has 1 rings (SSSR count). The maximum atomic E-state index is 3.66. The number of piperazine rings is 1. The van der Waals surface area contributed by atoms with Gasteiger partial charge in [-0.2, -0.15) is 0 Å². The van der Waals surface area contributed by atoms with Crippen LogP contribution in [-0.2, 0) is 0 Å². The van der Waals surface area contributed by atoms with Crippen LogP contribution < -0.4 is 5.32 Å². The summed E-state index contributed by atoms with van der Waals surface area (Å²) in [5, 5.41) is 3.66. The molecule has 1 fully saturated rings. The lowest BCUT2D eigenvalue weighted by molar-refractivity contribution is 0.0334. The minimum Gasteiger partial charge on any atom is -0.309 e. The second kappa shape index (κ2) is 4.42. The van der Waals surface area contributed by atoms with E-state index in [2.05, 4.69) is 51.8 Å². The van der Waals surface area contributed by atoms with Crippen molar-refractivity contribution in [3.8, 4) is 0 Å². The molecule has 0 aromatic heterocycles. The zero-order chi connectivity index (χ0) is 11.7. The fraction of sp³-hybridized carbons (Fsp3) is 1.00. The second-order valence-electron chi connectivity index (χ2n) is 6.62. The third kappa shape index (κ3) is 3.46. The van der Waals surface area contributed by atoms with Crippen LogP contribution in [0.1, 0.15) is 48.0 Å². The van der Waals surface area contributed by atoms with Gasteiger partial charge in [0, 0.05) is 24.7 Å². The Bertz CT molecular complexity index is 203. The monoisotopic (exact) mass is 212 g/mol. The first kappa shape index (κ1) is 13.0. The molecule has 15 heavy (non-hydrogen) atoms. The molecule has 0 aliphatic carbocycles. The van der Waals surface area contributed by atoms with Crippen molar-refractivity contribution in [2.45, 2.75) is 59.5 Å². The van der Waals surface area contributed by atoms with E-state index in [-0.39, 0.29) is 5.54 Å². The summed E-state index contributed by atoms with van der Waals surface area (Å²) in [7, 11) is 0. The summed E-state index contributed by atoms with van der Waals surface area (Å²) >= 11 is 0. The fourth-order valence-electron chi connectivity index (χ4n) is 2.55. The molecular weight excluding hydrogens is 184 g/mol. The predicted octanol–water partition coefficient (Wildman–Crippen LogP) is 2.49. The van der Waals surface area contributed by atoms with Crippen LogP contribution in [0.4, 0.5) is 0 Å². The zero-order valence-electron chi connectivity index (χ0n) is 11.4. The van der Waals surface area contributed by atoms with E-state index in [1.54, 1.807) is 0 Å². The molecule has 1 unspecified atom stereocenters. The van der Waals surface area contributed by atoms with Crippen molar-refractivity contribution in [2.24, 2.45) is 5.41 Å². The van der Waals surface area contributed by atoms with E-state index in [9.17, 15) is 0 Å². The van der Waals surface area contributed by atoms with Crippen molar-refractivity contribution in [1.82, 2.24) is 10.2 Å². The standard InChI is InChI=1S/C13H28N2/c1-7-8-15-10-13(5,6)14-9-11(15)12(2,3)4/h11,14H,7-10H2,1-6H3. The van der Waals surface area contributed by atoms with Crippen molar-refractivity contribution in [3.05, 3.63) is 0 Å². The van der Waals surface area contributed by atoms with Gasteiger partial charge in [0.1, 0.15) is 0 Å². The molecule has 1 atom stereocenters. The van der Waals surface area contributed by atoms with Crippen LogP contribution >= 0.6 is 0 Å². The average molecular weight is 212 g/mol. The van der Waals surface area contributed by atoms with Crippen molar-refractivity contribution < 1.29 is 0 Å². The van der Waals surface area contributed by atoms with Crippen LogP contribution in [0.15, 0.2) is 0 Å². The molecule has 1 aliphatic rings. The topological polar surface area (TPSA) is 15.3 Å². The van der Waals surface area contributed by atoms with Crippen molar-refractivity contribution >= 4 is 0 Å². The van der Waals surface area contributed by atoms with Crippen LogP contribution in [0.3, 0.4) is 0 Å². The molecule has 1 aliphatic heterocycles. The Balaban J connectivity index is 2.72. The Morgan fingerprint density at radius 3 is 2.40 bits per heavy atom. The first-order valence-electron chi connectivity index (χ1n) is 6.25. The van der Waals surface area contributed by atoms with Crippen molar-refractivity contribution in [1.29, 1.82) is 0 Å². The summed E-state index contributed by atoms with van der Waals surface area (Å²) < 4.78 is 0. The second-order valence-corrected chi connectivity index (χ2v) is 6.62. The Hall–Kier alpha value is -0.0800. The van der Waals surface area contributed by atoms with Gasteiger partial charge in [0.05, 0.1) is 0 Å². The van der Waals surface area contributed by atoms with Gasteiger partial charge in [-0.15, -0.1) is 0 Å². The largest absolute Gasteiger partial charge is 0.309 e. The van der Waals surface area contributed by atoms with E-state index in [0.29, 0.717) is 11.5 Å². The van der Waals surface area contributed by atoms with Gasteiger partial charge in [-0.3, -0.25) is 4.90 Å². The maximum absolute atomic E-state index is 3.66. The molecule has 0 spiro atoms. The van der Waals surface area contributed by atoms with Gasteiger partial charge >= 0.3 is 0 Å². The van der Waals surface area contributed by atoms with E-state index in [1.165, 1.54) is 19.5 Å². The first-order valence-corrected chi connectivity index (χ1v) is 6.25. The fourth-order valence-corrected chi connectivity index (χ4v) is 2.55. The third-order valence-electron chi connectivity index (χ3n) is 3.32. The van der Waals surface area contributed by atoms with Gasteiger partial charge in [-0.05, 0) is 32.2 Å². The number of nitrogens with one attached hydrogen (secondary N) is 1. The Kier molecular flexibility index (Phi) is 3.83. The molecule has 0 aromatic rings. The molecule has 2 heteroatoms. The van der Waals surface area contributed by atoms with Gasteiger partial charge in [-0.25, -0.2) is 0 Å². The van der Waals surface area contributed by atoms with Gasteiger partial charge in [0.15, 0.2) is 0 Å². The third-order valence-corrected chi connectivity index (χ3v) is 3.32. The van der Waals surface area contributed by atoms with E-state index < -0.39 is 0 Å². The number of rotatable bonds is 2. The highest BCUT2D eigenvalue weighted by Gasteiger charge is 2.37. The molecule has 0 radical (unpaired) electrons. The summed E-state index contributed by atoms with van der Waals surface area (Å²) in [5.41, 5.74) is 0.648. The van der Waals surface area contributed by atoms with Gasteiger partial charge in [0.2, 0.25) is 0 Å². The summed E-state index contributed by atoms with van der Waals surface area (Å²) in [5.74, 6) is 0. The van der Waals surface area contributed by atoms with Crippen LogP contribution in [-0.4, -0.2) is 36.1 Å². The van der Waals surface area contributed by atoms with Crippen molar-refractivity contribution in [3.63, 3.8) is 0 Å². The highest BCUT2D eigenvalue weighted by molar-refractivity contribution is 4.96. The average Bonchev–Trinajstić information content (AvgIpc) is 2.00. The highest BCUT2D eigenvalue weighted by Crippen LogP contribution is 2.28. The maximum Gasteiger partial charge on any atom is 0.0270 e. The SMILES string of the molecule is CCCN1CC(C)(C)NCC1C(C)(C)C. The van der Waals surface area contributed by atoms with E-state index in [1.807, 2.05) is 0 Å². The van der Waals surface area contributed by atoms with E-state index in [0.717, 1.165) is 6.54 Å². The van der Waals surface area contributed by atoms with Crippen molar-refractivity contribution in [2.75, 3.05) is 19.6 Å². The molecule has 1 saturated heterocycles. The molecule has 90 valence electrons. The zero-order valence-corrected chi connectivity index (χ0v) is 11.4. The Morgan fingerprint density at radius 1 is 1.33 bits per heavy atom. The van der Waals surface area contributed by atoms with Crippen LogP contribution in [0.5, 0.6) is 0 Å². The van der Waals surface area contributed by atoms with Gasteiger partial charge < -0.3 is 5.32 Å². The lowest BCUT2D eigenvalue weighted by Crippen LogP contribution is -2.64. The smallest absolute Gasteiger partial charge is 0.0270 e. The highest BCUT2D eigenvalue weighted by atomic mass is 15.3. The van der Waals surface area contributed by atoms with Gasteiger partial charge in [0.25, 0.3) is 0 Å². The normalized spacial score (nSPS) is 28.0. The number of hydrogen-bond donors (Lipinski definition) is 1. The lowest BCUT2D eigenvalue weighted by atomic mass is 9.82. The molecule has 0 bridgehead atoms. The molecule has 0 amide bonds. The summed E-state index contributed by atoms with van der Waals surface area (Å²) in [6.45, 7) is 17.4. The van der Waals surface area contributed by atoms with Gasteiger partial charge in [-0.1, -0.05) is 27.7 Å². The van der Waals surface area contributed by atoms with Crippen LogP contribution in [0.25, 0.3) is 0 Å². The molecular formula is C13H28N2. The van der Waals surface area contributed by atoms with Crippen LogP contribution in [0.2, 0.25) is 0 Å². The number of hydrogen-bond acceptors (Lipinski definition) is 2. The molecule has 1 N–H and O–H groups in total. The van der Waals surface area contributed by atoms with E-state index >= 15 is 0 Å². The Labute approximate surface area is 95.4 Å². The quantitative estimate of drug-likeness (QED) is 0.756. The summed E-state index contributed by atoms with van der Waals surface area (Å²) in [6, 6.07) is 0.672. The molecule has 2 nitrogen and oxygen atoms in total. The summed E-state index contributed by atoms with van der Waals surface area (Å²) in [6.07, 6.45) is 1.25. The lowest BCUT2D eigenvalue weighted by Gasteiger charge is -2.49. The summed E-state index contributed by atoms with van der Waals surface area (Å²) in [4.78, 5) is 2.66. The van der Waals surface area contributed by atoms with Crippen LogP contribution in [0, 0.1) is 5.41 Å². The number of nitrogens with zero attached hydrogens (tertiary/aromatic N) is 1. The van der Waals surface area contributed by atoms with E-state index in [4.69, 9.17) is 0 Å². The predicted molar refractivity (Wildman–Crippen MR) is 67.2 cm³/mol. The molecule has 0 aromatic carbocycles.